The highest BCUT2D eigenvalue weighted by Gasteiger charge is 2.10. The number of hydrogen-bond acceptors (Lipinski definition) is 1. The van der Waals surface area contributed by atoms with E-state index in [9.17, 15) is 0 Å². The Morgan fingerprint density at radius 3 is 2.65 bits per heavy atom. The molecule has 1 saturated carbocycles. The minimum Gasteiger partial charge on any atom is -0.377 e. The molecule has 0 amide bonds. The minimum absolute atomic E-state index is 0.783. The van der Waals surface area contributed by atoms with Gasteiger partial charge in [0.2, 0.25) is 0 Å². The zero-order valence-electron chi connectivity index (χ0n) is 11.4. The highest BCUT2D eigenvalue weighted by molar-refractivity contribution is 4.90. The predicted molar refractivity (Wildman–Crippen MR) is 75.2 cm³/mol. The van der Waals surface area contributed by atoms with E-state index < -0.39 is 0 Å². The van der Waals surface area contributed by atoms with Crippen molar-refractivity contribution in [2.24, 2.45) is 5.92 Å². The molecular weight excluding hydrogens is 208 g/mol. The zero-order valence-corrected chi connectivity index (χ0v) is 11.4. The molecule has 0 unspecified atom stereocenters. The quantitative estimate of drug-likeness (QED) is 0.409. The van der Waals surface area contributed by atoms with Gasteiger partial charge in [0.1, 0.15) is 0 Å². The van der Waals surface area contributed by atoms with Crippen molar-refractivity contribution >= 4 is 0 Å². The Morgan fingerprint density at radius 2 is 1.88 bits per heavy atom. The number of allylic oxidation sites excluding steroid dienone is 3. The van der Waals surface area contributed by atoms with E-state index in [1.54, 1.807) is 0 Å². The zero-order chi connectivity index (χ0) is 12.2. The molecule has 1 rings (SSSR count). The van der Waals surface area contributed by atoms with Crippen molar-refractivity contribution in [3.05, 3.63) is 24.3 Å². The van der Waals surface area contributed by atoms with Gasteiger partial charge in [-0.05, 0) is 44.4 Å². The van der Waals surface area contributed by atoms with E-state index in [0.29, 0.717) is 0 Å². The topological polar surface area (TPSA) is 9.23 Å². The Morgan fingerprint density at radius 1 is 1.06 bits per heavy atom. The normalized spacial score (nSPS) is 17.7. The highest BCUT2D eigenvalue weighted by Crippen LogP contribution is 2.25. The van der Waals surface area contributed by atoms with Crippen LogP contribution in [0.15, 0.2) is 24.3 Å². The lowest BCUT2D eigenvalue weighted by molar-refractivity contribution is 0.158. The third kappa shape index (κ3) is 8.20. The first-order valence-corrected chi connectivity index (χ1v) is 7.33. The minimum atomic E-state index is 0.783. The molecule has 1 heteroatoms. The maximum Gasteiger partial charge on any atom is 0.0647 e. The first-order chi connectivity index (χ1) is 8.43. The summed E-state index contributed by atoms with van der Waals surface area (Å²) >= 11 is 0. The van der Waals surface area contributed by atoms with Gasteiger partial charge >= 0.3 is 0 Å². The van der Waals surface area contributed by atoms with Gasteiger partial charge in [-0.15, -0.1) is 0 Å². The number of rotatable bonds is 9. The largest absolute Gasteiger partial charge is 0.377 e. The number of unbranched alkanes of at least 4 members (excludes halogenated alkanes) is 2. The molecule has 0 bridgehead atoms. The van der Waals surface area contributed by atoms with Crippen LogP contribution in [0.5, 0.6) is 0 Å². The van der Waals surface area contributed by atoms with Crippen LogP contribution in [0.3, 0.4) is 0 Å². The van der Waals surface area contributed by atoms with Gasteiger partial charge < -0.3 is 4.74 Å². The Balaban J connectivity index is 1.82. The van der Waals surface area contributed by atoms with Gasteiger partial charge in [-0.3, -0.25) is 0 Å². The second-order valence-electron chi connectivity index (χ2n) is 4.92. The fourth-order valence-electron chi connectivity index (χ4n) is 2.29. The summed E-state index contributed by atoms with van der Waals surface area (Å²) in [4.78, 5) is 0. The van der Waals surface area contributed by atoms with Crippen LogP contribution in [0.25, 0.3) is 0 Å². The average Bonchev–Trinajstić information content (AvgIpc) is 2.85. The van der Waals surface area contributed by atoms with Crippen LogP contribution in [0.4, 0.5) is 0 Å². The van der Waals surface area contributed by atoms with Crippen LogP contribution in [0.2, 0.25) is 0 Å². The summed E-state index contributed by atoms with van der Waals surface area (Å²) in [6.07, 6.45) is 19.6. The van der Waals surface area contributed by atoms with Gasteiger partial charge in [-0.2, -0.15) is 0 Å². The SMILES string of the molecule is CC/C=C/COCCCC/C=C/C1CCCC1. The monoisotopic (exact) mass is 236 g/mol. The number of ether oxygens (including phenoxy) is 1. The van der Waals surface area contributed by atoms with Gasteiger partial charge in [-0.1, -0.05) is 44.1 Å². The van der Waals surface area contributed by atoms with E-state index in [0.717, 1.165) is 25.6 Å². The van der Waals surface area contributed by atoms with Crippen LogP contribution < -0.4 is 0 Å². The highest BCUT2D eigenvalue weighted by atomic mass is 16.5. The summed E-state index contributed by atoms with van der Waals surface area (Å²) in [6.45, 7) is 3.84. The Hall–Kier alpha value is -0.560. The third-order valence-electron chi connectivity index (χ3n) is 3.33. The standard InChI is InChI=1S/C16H28O/c1-2-3-9-14-17-15-10-5-4-6-11-16-12-7-8-13-16/h3,6,9,11,16H,2,4-5,7-8,10,12-15H2,1H3/b9-3+,11-6+. The smallest absolute Gasteiger partial charge is 0.0647 e. The summed E-state index contributed by atoms with van der Waals surface area (Å²) < 4.78 is 5.50. The van der Waals surface area contributed by atoms with Crippen molar-refractivity contribution in [3.8, 4) is 0 Å². The average molecular weight is 236 g/mol. The second-order valence-corrected chi connectivity index (χ2v) is 4.92. The lowest BCUT2D eigenvalue weighted by Crippen LogP contribution is -1.94. The fraction of sp³-hybridized carbons (Fsp3) is 0.750. The molecule has 0 atom stereocenters. The van der Waals surface area contributed by atoms with Gasteiger partial charge in [-0.25, -0.2) is 0 Å². The molecule has 0 saturated heterocycles. The van der Waals surface area contributed by atoms with Crippen molar-refractivity contribution in [2.45, 2.75) is 58.3 Å². The van der Waals surface area contributed by atoms with Gasteiger partial charge in [0.05, 0.1) is 6.61 Å². The Bertz CT molecular complexity index is 212. The van der Waals surface area contributed by atoms with E-state index in [1.807, 2.05) is 0 Å². The predicted octanol–water partition coefficient (Wildman–Crippen LogP) is 4.89. The van der Waals surface area contributed by atoms with Gasteiger partial charge in [0, 0.05) is 6.61 Å². The maximum absolute atomic E-state index is 5.50. The summed E-state index contributed by atoms with van der Waals surface area (Å²) in [5.74, 6) is 0.894. The molecule has 0 aliphatic heterocycles. The van der Waals surface area contributed by atoms with Crippen LogP contribution in [-0.4, -0.2) is 13.2 Å². The summed E-state index contributed by atoms with van der Waals surface area (Å²) in [5.41, 5.74) is 0. The van der Waals surface area contributed by atoms with Gasteiger partial charge in [0.15, 0.2) is 0 Å². The first kappa shape index (κ1) is 14.5. The third-order valence-corrected chi connectivity index (χ3v) is 3.33. The molecule has 1 aliphatic rings. The number of hydrogen-bond donors (Lipinski definition) is 0. The van der Waals surface area contributed by atoms with Crippen LogP contribution >= 0.6 is 0 Å². The summed E-state index contributed by atoms with van der Waals surface area (Å²) in [5, 5.41) is 0. The van der Waals surface area contributed by atoms with E-state index >= 15 is 0 Å². The van der Waals surface area contributed by atoms with E-state index in [1.165, 1.54) is 44.9 Å². The molecule has 0 aromatic rings. The molecule has 0 heterocycles. The molecular formula is C16H28O. The molecule has 0 N–H and O–H groups in total. The molecule has 98 valence electrons. The van der Waals surface area contributed by atoms with Crippen molar-refractivity contribution in [1.82, 2.24) is 0 Å². The van der Waals surface area contributed by atoms with Gasteiger partial charge in [0.25, 0.3) is 0 Å². The molecule has 1 nitrogen and oxygen atoms in total. The summed E-state index contributed by atoms with van der Waals surface area (Å²) in [6, 6.07) is 0. The fourth-order valence-corrected chi connectivity index (χ4v) is 2.29. The van der Waals surface area contributed by atoms with E-state index in [4.69, 9.17) is 4.74 Å². The lowest BCUT2D eigenvalue weighted by atomic mass is 10.1. The molecule has 0 aromatic carbocycles. The van der Waals surface area contributed by atoms with Crippen LogP contribution in [0, 0.1) is 5.92 Å². The Labute approximate surface area is 107 Å². The molecule has 0 spiro atoms. The molecule has 1 aliphatic carbocycles. The van der Waals surface area contributed by atoms with E-state index in [2.05, 4.69) is 31.2 Å². The second kappa shape index (κ2) is 10.6. The summed E-state index contributed by atoms with van der Waals surface area (Å²) in [7, 11) is 0. The molecule has 1 fully saturated rings. The van der Waals surface area contributed by atoms with Crippen molar-refractivity contribution < 1.29 is 4.74 Å². The Kier molecular flexibility index (Phi) is 9.03. The molecule has 0 aromatic heterocycles. The molecule has 0 radical (unpaired) electrons. The van der Waals surface area contributed by atoms with Crippen LogP contribution in [0.1, 0.15) is 58.3 Å². The molecule has 17 heavy (non-hydrogen) atoms. The van der Waals surface area contributed by atoms with E-state index in [-0.39, 0.29) is 0 Å². The first-order valence-electron chi connectivity index (χ1n) is 7.33. The lowest BCUT2D eigenvalue weighted by Gasteiger charge is -2.01. The van der Waals surface area contributed by atoms with Crippen molar-refractivity contribution in [1.29, 1.82) is 0 Å². The van der Waals surface area contributed by atoms with Crippen molar-refractivity contribution in [2.75, 3.05) is 13.2 Å². The maximum atomic E-state index is 5.50. The van der Waals surface area contributed by atoms with Crippen LogP contribution in [-0.2, 0) is 4.74 Å². The van der Waals surface area contributed by atoms with Crippen molar-refractivity contribution in [3.63, 3.8) is 0 Å².